The summed E-state index contributed by atoms with van der Waals surface area (Å²) in [6.45, 7) is 0.525. The van der Waals surface area contributed by atoms with Gasteiger partial charge in [0, 0.05) is 17.8 Å². The van der Waals surface area contributed by atoms with Crippen LogP contribution in [0.1, 0.15) is 5.56 Å². The number of hydrogen-bond acceptors (Lipinski definition) is 4. The highest BCUT2D eigenvalue weighted by molar-refractivity contribution is 9.10. The Bertz CT molecular complexity index is 746. The molecule has 0 aliphatic carbocycles. The number of halogens is 2. The van der Waals surface area contributed by atoms with E-state index < -0.39 is 0 Å². The lowest BCUT2D eigenvalue weighted by molar-refractivity contribution is 0.568. The molecular formula is C15H11BrFN3O. The van der Waals surface area contributed by atoms with Crippen molar-refractivity contribution in [1.82, 2.24) is 10.2 Å². The van der Waals surface area contributed by atoms with Crippen LogP contribution in [-0.2, 0) is 6.54 Å². The number of benzene rings is 2. The third-order valence-electron chi connectivity index (χ3n) is 2.95. The minimum absolute atomic E-state index is 0.270. The lowest BCUT2D eigenvalue weighted by atomic mass is 10.2. The van der Waals surface area contributed by atoms with E-state index in [0.717, 1.165) is 16.8 Å². The Morgan fingerprint density at radius 2 is 2.10 bits per heavy atom. The number of nitrogens with one attached hydrogen (secondary N) is 1. The largest absolute Gasteiger partial charge is 0.423 e. The number of anilines is 1. The van der Waals surface area contributed by atoms with Crippen molar-refractivity contribution in [3.05, 3.63) is 64.7 Å². The van der Waals surface area contributed by atoms with Gasteiger partial charge in [-0.1, -0.05) is 12.1 Å². The van der Waals surface area contributed by atoms with Gasteiger partial charge in [0.15, 0.2) is 0 Å². The quantitative estimate of drug-likeness (QED) is 0.766. The van der Waals surface area contributed by atoms with Gasteiger partial charge in [-0.05, 0) is 51.8 Å². The average Bonchev–Trinajstić information content (AvgIpc) is 3.03. The average molecular weight is 348 g/mol. The van der Waals surface area contributed by atoms with Crippen LogP contribution in [-0.4, -0.2) is 10.2 Å². The van der Waals surface area contributed by atoms with Gasteiger partial charge in [0.05, 0.1) is 4.47 Å². The summed E-state index contributed by atoms with van der Waals surface area (Å²) >= 11 is 3.14. The van der Waals surface area contributed by atoms with Crippen LogP contribution < -0.4 is 5.32 Å². The first-order chi connectivity index (χ1) is 10.2. The summed E-state index contributed by atoms with van der Waals surface area (Å²) < 4.78 is 19.1. The molecule has 0 fully saturated rings. The van der Waals surface area contributed by atoms with Crippen molar-refractivity contribution < 1.29 is 8.81 Å². The predicted octanol–water partition coefficient (Wildman–Crippen LogP) is 4.25. The van der Waals surface area contributed by atoms with Crippen LogP contribution >= 0.6 is 15.9 Å². The molecule has 0 aliphatic heterocycles. The first kappa shape index (κ1) is 13.8. The van der Waals surface area contributed by atoms with Gasteiger partial charge in [-0.2, -0.15) is 0 Å². The van der Waals surface area contributed by atoms with Crippen LogP contribution in [0, 0.1) is 5.82 Å². The van der Waals surface area contributed by atoms with Gasteiger partial charge < -0.3 is 9.73 Å². The number of hydrogen-bond donors (Lipinski definition) is 1. The molecular weight excluding hydrogens is 337 g/mol. The zero-order valence-corrected chi connectivity index (χ0v) is 12.5. The van der Waals surface area contributed by atoms with E-state index in [1.807, 2.05) is 30.3 Å². The maximum absolute atomic E-state index is 13.5. The summed E-state index contributed by atoms with van der Waals surface area (Å²) in [6.07, 6.45) is 1.29. The van der Waals surface area contributed by atoms with Crippen molar-refractivity contribution in [2.24, 2.45) is 0 Å². The molecule has 4 nitrogen and oxygen atoms in total. The van der Waals surface area contributed by atoms with Gasteiger partial charge in [-0.15, -0.1) is 10.2 Å². The van der Waals surface area contributed by atoms with Gasteiger partial charge >= 0.3 is 0 Å². The van der Waals surface area contributed by atoms with Crippen molar-refractivity contribution in [2.75, 3.05) is 5.32 Å². The number of nitrogens with zero attached hydrogens (tertiary/aromatic N) is 2. The first-order valence-corrected chi connectivity index (χ1v) is 7.06. The Hall–Kier alpha value is -2.21. The maximum Gasteiger partial charge on any atom is 0.247 e. The van der Waals surface area contributed by atoms with Crippen LogP contribution in [0.15, 0.2) is 57.7 Å². The van der Waals surface area contributed by atoms with Gasteiger partial charge in [0.2, 0.25) is 12.3 Å². The monoisotopic (exact) mass is 347 g/mol. The fraction of sp³-hybridized carbons (Fsp3) is 0.0667. The highest BCUT2D eigenvalue weighted by Crippen LogP contribution is 2.21. The molecule has 21 heavy (non-hydrogen) atoms. The Morgan fingerprint density at radius 3 is 2.86 bits per heavy atom. The third kappa shape index (κ3) is 3.28. The maximum atomic E-state index is 13.5. The second-order valence-electron chi connectivity index (χ2n) is 4.43. The van der Waals surface area contributed by atoms with Gasteiger partial charge in [0.1, 0.15) is 5.82 Å². The summed E-state index contributed by atoms with van der Waals surface area (Å²) in [6, 6.07) is 12.7. The summed E-state index contributed by atoms with van der Waals surface area (Å²) in [5.41, 5.74) is 2.59. The van der Waals surface area contributed by atoms with Crippen LogP contribution in [0.25, 0.3) is 11.5 Å². The van der Waals surface area contributed by atoms with E-state index in [1.54, 1.807) is 6.07 Å². The molecule has 0 amide bonds. The molecule has 0 unspecified atom stereocenters. The van der Waals surface area contributed by atoms with Crippen molar-refractivity contribution in [1.29, 1.82) is 0 Å². The Labute approximate surface area is 129 Å². The zero-order valence-electron chi connectivity index (χ0n) is 10.9. The standard InChI is InChI=1S/C15H11BrFN3O/c16-13-5-4-10(6-14(13)17)8-18-12-3-1-2-11(7-12)15-20-19-9-21-15/h1-7,9,18H,8H2. The van der Waals surface area contributed by atoms with E-state index in [2.05, 4.69) is 31.4 Å². The summed E-state index contributed by atoms with van der Waals surface area (Å²) in [5.74, 6) is 0.197. The molecule has 0 saturated carbocycles. The molecule has 0 spiro atoms. The summed E-state index contributed by atoms with van der Waals surface area (Å²) in [7, 11) is 0. The third-order valence-corrected chi connectivity index (χ3v) is 3.59. The van der Waals surface area contributed by atoms with Crippen molar-refractivity contribution >= 4 is 21.6 Å². The smallest absolute Gasteiger partial charge is 0.247 e. The van der Waals surface area contributed by atoms with Crippen molar-refractivity contribution in [3.8, 4) is 11.5 Å². The highest BCUT2D eigenvalue weighted by atomic mass is 79.9. The second-order valence-corrected chi connectivity index (χ2v) is 5.28. The normalized spacial score (nSPS) is 10.6. The van der Waals surface area contributed by atoms with Crippen LogP contribution in [0.5, 0.6) is 0 Å². The predicted molar refractivity (Wildman–Crippen MR) is 81.2 cm³/mol. The molecule has 0 radical (unpaired) electrons. The van der Waals surface area contributed by atoms with Gasteiger partial charge in [0.25, 0.3) is 0 Å². The van der Waals surface area contributed by atoms with Crippen LogP contribution in [0.2, 0.25) is 0 Å². The highest BCUT2D eigenvalue weighted by Gasteiger charge is 2.05. The molecule has 0 atom stereocenters. The SMILES string of the molecule is Fc1cc(CNc2cccc(-c3nnco3)c2)ccc1Br. The van der Waals surface area contributed by atoms with E-state index >= 15 is 0 Å². The molecule has 2 aromatic carbocycles. The van der Waals surface area contributed by atoms with E-state index in [0.29, 0.717) is 16.9 Å². The van der Waals surface area contributed by atoms with Crippen molar-refractivity contribution in [3.63, 3.8) is 0 Å². The molecule has 3 aromatic rings. The lowest BCUT2D eigenvalue weighted by Crippen LogP contribution is -2.00. The molecule has 0 bridgehead atoms. The molecule has 3 rings (SSSR count). The van der Waals surface area contributed by atoms with E-state index in [9.17, 15) is 4.39 Å². The van der Waals surface area contributed by atoms with Gasteiger partial charge in [-0.3, -0.25) is 0 Å². The molecule has 0 aliphatic rings. The Morgan fingerprint density at radius 1 is 1.19 bits per heavy atom. The van der Waals surface area contributed by atoms with Crippen molar-refractivity contribution in [2.45, 2.75) is 6.54 Å². The number of aromatic nitrogens is 2. The Kier molecular flexibility index (Phi) is 3.96. The molecule has 1 aromatic heterocycles. The lowest BCUT2D eigenvalue weighted by Gasteiger charge is -2.08. The minimum atomic E-state index is -0.270. The fourth-order valence-electron chi connectivity index (χ4n) is 1.91. The molecule has 1 heterocycles. The van der Waals surface area contributed by atoms with Gasteiger partial charge in [-0.25, -0.2) is 4.39 Å². The molecule has 106 valence electrons. The number of rotatable bonds is 4. The molecule has 1 N–H and O–H groups in total. The topological polar surface area (TPSA) is 51.0 Å². The van der Waals surface area contributed by atoms with Crippen LogP contribution in [0.3, 0.4) is 0 Å². The summed E-state index contributed by atoms with van der Waals surface area (Å²) in [4.78, 5) is 0. The first-order valence-electron chi connectivity index (χ1n) is 6.27. The molecule has 0 saturated heterocycles. The zero-order chi connectivity index (χ0) is 14.7. The fourth-order valence-corrected chi connectivity index (χ4v) is 2.16. The second kappa shape index (κ2) is 6.05. The Balaban J connectivity index is 1.73. The van der Waals surface area contributed by atoms with Crippen LogP contribution in [0.4, 0.5) is 10.1 Å². The minimum Gasteiger partial charge on any atom is -0.423 e. The van der Waals surface area contributed by atoms with E-state index in [1.165, 1.54) is 12.5 Å². The summed E-state index contributed by atoms with van der Waals surface area (Å²) in [5, 5.41) is 10.8. The van der Waals surface area contributed by atoms with E-state index in [-0.39, 0.29) is 5.82 Å². The van der Waals surface area contributed by atoms with E-state index in [4.69, 9.17) is 4.42 Å². The molecule has 6 heteroatoms.